The van der Waals surface area contributed by atoms with Crippen LogP contribution in [0.1, 0.15) is 71.4 Å². The molecule has 138 valence electrons. The second-order valence-corrected chi connectivity index (χ2v) is 7.72. The molecule has 0 amide bonds. The maximum absolute atomic E-state index is 3.72. The molecular weight excluding hydrogens is 292 g/mol. The summed E-state index contributed by atoms with van der Waals surface area (Å²) in [4.78, 5) is 2.51. The first-order valence-electron chi connectivity index (χ1n) is 10.0. The van der Waals surface area contributed by atoms with E-state index < -0.39 is 0 Å². The maximum Gasteiger partial charge on any atom is 0.00394 e. The maximum atomic E-state index is 3.72. The molecule has 0 aliphatic rings. The molecule has 0 bridgehead atoms. The summed E-state index contributed by atoms with van der Waals surface area (Å²) in [6.45, 7) is 18.3. The molecule has 0 radical (unpaired) electrons. The quantitative estimate of drug-likeness (QED) is 0.573. The molecule has 1 rings (SSSR count). The number of hydrogen-bond donors (Lipinski definition) is 1. The third-order valence-electron chi connectivity index (χ3n) is 4.97. The van der Waals surface area contributed by atoms with E-state index in [2.05, 4.69) is 76.0 Å². The van der Waals surface area contributed by atoms with Crippen molar-refractivity contribution in [2.75, 3.05) is 26.2 Å². The van der Waals surface area contributed by atoms with Gasteiger partial charge in [-0.3, -0.25) is 0 Å². The van der Waals surface area contributed by atoms with Crippen LogP contribution in [0.4, 0.5) is 0 Å². The Kier molecular flexibility index (Phi) is 10.3. The molecule has 2 heteroatoms. The van der Waals surface area contributed by atoms with Gasteiger partial charge in [-0.25, -0.2) is 0 Å². The van der Waals surface area contributed by atoms with Crippen molar-refractivity contribution in [2.45, 2.75) is 72.8 Å². The molecule has 2 unspecified atom stereocenters. The van der Waals surface area contributed by atoms with Crippen molar-refractivity contribution < 1.29 is 0 Å². The highest BCUT2D eigenvalue weighted by Gasteiger charge is 2.09. The number of nitrogens with one attached hydrogen (secondary N) is 1. The van der Waals surface area contributed by atoms with Crippen molar-refractivity contribution in [1.29, 1.82) is 0 Å². The van der Waals surface area contributed by atoms with Gasteiger partial charge >= 0.3 is 0 Å². The fourth-order valence-corrected chi connectivity index (χ4v) is 3.21. The highest BCUT2D eigenvalue weighted by molar-refractivity contribution is 5.25. The van der Waals surface area contributed by atoms with Gasteiger partial charge in [0.25, 0.3) is 0 Å². The van der Waals surface area contributed by atoms with Gasteiger partial charge in [-0.2, -0.15) is 0 Å². The lowest BCUT2D eigenvalue weighted by Crippen LogP contribution is -2.31. The highest BCUT2D eigenvalue weighted by atomic mass is 15.1. The SMILES string of the molecule is CCN(CC)CCCC(C)NCC(C)c1ccc(CC(C)C)cc1. The highest BCUT2D eigenvalue weighted by Crippen LogP contribution is 2.17. The van der Waals surface area contributed by atoms with Crippen LogP contribution in [0.5, 0.6) is 0 Å². The van der Waals surface area contributed by atoms with Gasteiger partial charge in [0.15, 0.2) is 0 Å². The first-order chi connectivity index (χ1) is 11.5. The average molecular weight is 333 g/mol. The summed E-state index contributed by atoms with van der Waals surface area (Å²) in [7, 11) is 0. The van der Waals surface area contributed by atoms with E-state index in [0.29, 0.717) is 12.0 Å². The van der Waals surface area contributed by atoms with Crippen LogP contribution < -0.4 is 5.32 Å². The lowest BCUT2D eigenvalue weighted by Gasteiger charge is -2.21. The molecule has 0 saturated carbocycles. The molecule has 0 aliphatic heterocycles. The van der Waals surface area contributed by atoms with E-state index >= 15 is 0 Å². The Hall–Kier alpha value is -0.860. The molecule has 2 nitrogen and oxygen atoms in total. The lowest BCUT2D eigenvalue weighted by molar-refractivity contribution is 0.290. The molecule has 0 aliphatic carbocycles. The molecule has 0 saturated heterocycles. The summed E-state index contributed by atoms with van der Waals surface area (Å²) >= 11 is 0. The van der Waals surface area contributed by atoms with Crippen LogP contribution in [0.25, 0.3) is 0 Å². The summed E-state index contributed by atoms with van der Waals surface area (Å²) in [5, 5.41) is 3.72. The summed E-state index contributed by atoms with van der Waals surface area (Å²) in [5.41, 5.74) is 2.91. The Balaban J connectivity index is 2.30. The first kappa shape index (κ1) is 21.2. The molecule has 0 heterocycles. The van der Waals surface area contributed by atoms with Crippen molar-refractivity contribution in [1.82, 2.24) is 10.2 Å². The largest absolute Gasteiger partial charge is 0.314 e. The molecule has 24 heavy (non-hydrogen) atoms. The van der Waals surface area contributed by atoms with Crippen molar-refractivity contribution >= 4 is 0 Å². The molecule has 1 N–H and O–H groups in total. The van der Waals surface area contributed by atoms with Crippen LogP contribution in [0.2, 0.25) is 0 Å². The van der Waals surface area contributed by atoms with Gasteiger partial charge < -0.3 is 10.2 Å². The van der Waals surface area contributed by atoms with E-state index in [4.69, 9.17) is 0 Å². The van der Waals surface area contributed by atoms with Gasteiger partial charge in [-0.15, -0.1) is 0 Å². The van der Waals surface area contributed by atoms with Gasteiger partial charge in [-0.05, 0) is 68.8 Å². The standard InChI is InChI=1S/C22H40N2/c1-7-24(8-2)15-9-10-20(6)23-17-19(5)22-13-11-21(12-14-22)16-18(3)4/h11-14,18-20,23H,7-10,15-17H2,1-6H3. The predicted molar refractivity (Wildman–Crippen MR) is 108 cm³/mol. The lowest BCUT2D eigenvalue weighted by atomic mass is 9.96. The Labute approximate surface area is 151 Å². The third kappa shape index (κ3) is 8.30. The number of nitrogens with zero attached hydrogens (tertiary/aromatic N) is 1. The van der Waals surface area contributed by atoms with Gasteiger partial charge in [0, 0.05) is 12.6 Å². The first-order valence-corrected chi connectivity index (χ1v) is 10.0. The Morgan fingerprint density at radius 3 is 2.12 bits per heavy atom. The van der Waals surface area contributed by atoms with Gasteiger partial charge in [0.1, 0.15) is 0 Å². The van der Waals surface area contributed by atoms with Crippen LogP contribution in [0.15, 0.2) is 24.3 Å². The fourth-order valence-electron chi connectivity index (χ4n) is 3.21. The summed E-state index contributed by atoms with van der Waals surface area (Å²) in [6.07, 6.45) is 3.72. The van der Waals surface area contributed by atoms with Gasteiger partial charge in [-0.1, -0.05) is 58.9 Å². The van der Waals surface area contributed by atoms with Crippen LogP contribution in [-0.2, 0) is 6.42 Å². The zero-order valence-electron chi connectivity index (χ0n) is 16.9. The summed E-state index contributed by atoms with van der Waals surface area (Å²) < 4.78 is 0. The van der Waals surface area contributed by atoms with Gasteiger partial charge in [0.2, 0.25) is 0 Å². The van der Waals surface area contributed by atoms with Crippen molar-refractivity contribution in [3.05, 3.63) is 35.4 Å². The van der Waals surface area contributed by atoms with Crippen molar-refractivity contribution in [2.24, 2.45) is 5.92 Å². The van der Waals surface area contributed by atoms with E-state index in [1.165, 1.54) is 50.0 Å². The normalized spacial score (nSPS) is 14.3. The van der Waals surface area contributed by atoms with Crippen LogP contribution in [0, 0.1) is 5.92 Å². The van der Waals surface area contributed by atoms with Crippen LogP contribution in [-0.4, -0.2) is 37.1 Å². The predicted octanol–water partition coefficient (Wildman–Crippen LogP) is 5.09. The Morgan fingerprint density at radius 2 is 1.58 bits per heavy atom. The second-order valence-electron chi connectivity index (χ2n) is 7.72. The van der Waals surface area contributed by atoms with Gasteiger partial charge in [0.05, 0.1) is 0 Å². The molecule has 2 atom stereocenters. The molecular formula is C22H40N2. The minimum absolute atomic E-state index is 0.573. The average Bonchev–Trinajstić information content (AvgIpc) is 2.56. The monoisotopic (exact) mass is 332 g/mol. The number of rotatable bonds is 12. The van der Waals surface area contributed by atoms with E-state index in [1.54, 1.807) is 0 Å². The Bertz CT molecular complexity index is 420. The van der Waals surface area contributed by atoms with Crippen LogP contribution in [0.3, 0.4) is 0 Å². The minimum atomic E-state index is 0.573. The summed E-state index contributed by atoms with van der Waals surface area (Å²) in [6, 6.07) is 9.84. The number of benzene rings is 1. The Morgan fingerprint density at radius 1 is 0.958 bits per heavy atom. The molecule has 1 aromatic rings. The topological polar surface area (TPSA) is 15.3 Å². The second kappa shape index (κ2) is 11.7. The minimum Gasteiger partial charge on any atom is -0.314 e. The smallest absolute Gasteiger partial charge is 0.00394 e. The van der Waals surface area contributed by atoms with E-state index in [9.17, 15) is 0 Å². The molecule has 0 spiro atoms. The molecule has 1 aromatic carbocycles. The van der Waals surface area contributed by atoms with Crippen molar-refractivity contribution in [3.8, 4) is 0 Å². The fraction of sp³-hybridized carbons (Fsp3) is 0.727. The molecule has 0 fully saturated rings. The van der Waals surface area contributed by atoms with E-state index in [1.807, 2.05) is 0 Å². The number of hydrogen-bond acceptors (Lipinski definition) is 2. The third-order valence-corrected chi connectivity index (χ3v) is 4.97. The van der Waals surface area contributed by atoms with E-state index in [0.717, 1.165) is 12.5 Å². The zero-order chi connectivity index (χ0) is 17.9. The zero-order valence-corrected chi connectivity index (χ0v) is 16.9. The summed E-state index contributed by atoms with van der Waals surface area (Å²) in [5.74, 6) is 1.30. The van der Waals surface area contributed by atoms with Crippen LogP contribution >= 0.6 is 0 Å². The van der Waals surface area contributed by atoms with Crippen molar-refractivity contribution in [3.63, 3.8) is 0 Å². The van der Waals surface area contributed by atoms with E-state index in [-0.39, 0.29) is 0 Å². The molecule has 0 aromatic heterocycles.